The lowest BCUT2D eigenvalue weighted by atomic mass is 10.0. The van der Waals surface area contributed by atoms with Crippen LogP contribution < -0.4 is 5.32 Å². The number of ether oxygens (including phenoxy) is 1. The minimum Gasteiger partial charge on any atom is -0.380 e. The Morgan fingerprint density at radius 3 is 2.74 bits per heavy atom. The van der Waals surface area contributed by atoms with Crippen LogP contribution in [0.2, 0.25) is 0 Å². The van der Waals surface area contributed by atoms with Gasteiger partial charge in [-0.05, 0) is 31.1 Å². The third-order valence-corrected chi connectivity index (χ3v) is 4.35. The molecule has 2 atom stereocenters. The van der Waals surface area contributed by atoms with E-state index in [1.165, 1.54) is 38.8 Å². The van der Waals surface area contributed by atoms with Crippen LogP contribution in [-0.4, -0.2) is 49.8 Å². The molecule has 3 nitrogen and oxygen atoms in total. The minimum atomic E-state index is 0.647. The standard InChI is InChI=1S/C16H32N2O/c1-4-5-15-10-17-16(14-6-7-14)11-18(15)8-9-19-12-13(2)3/h13-17H,4-12H2,1-3H3. The van der Waals surface area contributed by atoms with Crippen molar-refractivity contribution in [2.75, 3.05) is 32.8 Å². The SMILES string of the molecule is CCCC1CNC(C2CC2)CN1CCOCC(C)C. The molecule has 0 bridgehead atoms. The summed E-state index contributed by atoms with van der Waals surface area (Å²) in [5.41, 5.74) is 0. The van der Waals surface area contributed by atoms with Gasteiger partial charge >= 0.3 is 0 Å². The summed E-state index contributed by atoms with van der Waals surface area (Å²) >= 11 is 0. The quantitative estimate of drug-likeness (QED) is 0.685. The van der Waals surface area contributed by atoms with Crippen molar-refractivity contribution in [2.24, 2.45) is 11.8 Å². The summed E-state index contributed by atoms with van der Waals surface area (Å²) in [5, 5.41) is 3.77. The molecule has 2 rings (SSSR count). The van der Waals surface area contributed by atoms with E-state index in [0.717, 1.165) is 37.8 Å². The maximum Gasteiger partial charge on any atom is 0.0593 e. The fourth-order valence-corrected chi connectivity index (χ4v) is 3.09. The molecule has 0 aromatic rings. The molecule has 0 spiro atoms. The Labute approximate surface area is 119 Å². The lowest BCUT2D eigenvalue weighted by molar-refractivity contribution is 0.0502. The average molecular weight is 268 g/mol. The van der Waals surface area contributed by atoms with Gasteiger partial charge in [0.15, 0.2) is 0 Å². The highest BCUT2D eigenvalue weighted by Crippen LogP contribution is 2.34. The number of rotatable bonds is 8. The molecule has 112 valence electrons. The number of hydrogen-bond acceptors (Lipinski definition) is 3. The van der Waals surface area contributed by atoms with Crippen LogP contribution in [0.4, 0.5) is 0 Å². The molecule has 1 aliphatic heterocycles. The summed E-state index contributed by atoms with van der Waals surface area (Å²) in [5.74, 6) is 1.61. The van der Waals surface area contributed by atoms with Gasteiger partial charge in [-0.25, -0.2) is 0 Å². The van der Waals surface area contributed by atoms with Crippen LogP contribution in [0.1, 0.15) is 46.5 Å². The molecule has 2 fully saturated rings. The van der Waals surface area contributed by atoms with Gasteiger partial charge in [0.2, 0.25) is 0 Å². The van der Waals surface area contributed by atoms with Crippen molar-refractivity contribution in [1.29, 1.82) is 0 Å². The molecule has 1 heterocycles. The molecular weight excluding hydrogens is 236 g/mol. The Morgan fingerprint density at radius 2 is 2.11 bits per heavy atom. The van der Waals surface area contributed by atoms with E-state index in [2.05, 4.69) is 31.0 Å². The summed E-state index contributed by atoms with van der Waals surface area (Å²) < 4.78 is 5.77. The summed E-state index contributed by atoms with van der Waals surface area (Å²) in [4.78, 5) is 2.68. The van der Waals surface area contributed by atoms with Gasteiger partial charge in [0.1, 0.15) is 0 Å². The smallest absolute Gasteiger partial charge is 0.0593 e. The monoisotopic (exact) mass is 268 g/mol. The lowest BCUT2D eigenvalue weighted by Crippen LogP contribution is -2.57. The Balaban J connectivity index is 1.74. The zero-order valence-electron chi connectivity index (χ0n) is 13.0. The average Bonchev–Trinajstić information content (AvgIpc) is 3.20. The van der Waals surface area contributed by atoms with Crippen molar-refractivity contribution >= 4 is 0 Å². The molecular formula is C16H32N2O. The Kier molecular flexibility index (Phi) is 6.11. The highest BCUT2D eigenvalue weighted by Gasteiger charge is 2.36. The van der Waals surface area contributed by atoms with E-state index >= 15 is 0 Å². The molecule has 0 aromatic carbocycles. The second kappa shape index (κ2) is 7.61. The van der Waals surface area contributed by atoms with Crippen LogP contribution in [0.15, 0.2) is 0 Å². The van der Waals surface area contributed by atoms with Gasteiger partial charge in [-0.3, -0.25) is 4.90 Å². The lowest BCUT2D eigenvalue weighted by Gasteiger charge is -2.40. The van der Waals surface area contributed by atoms with E-state index in [-0.39, 0.29) is 0 Å². The number of hydrogen-bond donors (Lipinski definition) is 1. The van der Waals surface area contributed by atoms with Crippen molar-refractivity contribution in [3.05, 3.63) is 0 Å². The maximum absolute atomic E-state index is 5.77. The third-order valence-electron chi connectivity index (χ3n) is 4.35. The molecule has 0 amide bonds. The second-order valence-corrected chi connectivity index (χ2v) is 6.76. The van der Waals surface area contributed by atoms with E-state index in [9.17, 15) is 0 Å². The van der Waals surface area contributed by atoms with Gasteiger partial charge in [-0.15, -0.1) is 0 Å². The fourth-order valence-electron chi connectivity index (χ4n) is 3.09. The molecule has 3 heteroatoms. The number of nitrogens with zero attached hydrogens (tertiary/aromatic N) is 1. The highest BCUT2D eigenvalue weighted by atomic mass is 16.5. The molecule has 1 saturated carbocycles. The number of nitrogens with one attached hydrogen (secondary N) is 1. The van der Waals surface area contributed by atoms with Crippen LogP contribution >= 0.6 is 0 Å². The number of piperazine rings is 1. The normalized spacial score (nSPS) is 29.1. The van der Waals surface area contributed by atoms with Gasteiger partial charge in [-0.1, -0.05) is 27.2 Å². The Morgan fingerprint density at radius 1 is 1.32 bits per heavy atom. The van der Waals surface area contributed by atoms with E-state index in [0.29, 0.717) is 5.92 Å². The zero-order valence-corrected chi connectivity index (χ0v) is 13.0. The summed E-state index contributed by atoms with van der Waals surface area (Å²) in [6, 6.07) is 1.47. The Bertz CT molecular complexity index is 253. The second-order valence-electron chi connectivity index (χ2n) is 6.76. The van der Waals surface area contributed by atoms with Crippen molar-refractivity contribution in [3.8, 4) is 0 Å². The first-order chi connectivity index (χ1) is 9.20. The zero-order chi connectivity index (χ0) is 13.7. The summed E-state index contributed by atoms with van der Waals surface area (Å²) in [6.07, 6.45) is 5.47. The van der Waals surface area contributed by atoms with Crippen LogP contribution in [0.3, 0.4) is 0 Å². The first-order valence-electron chi connectivity index (χ1n) is 8.25. The highest BCUT2D eigenvalue weighted by molar-refractivity contribution is 4.94. The van der Waals surface area contributed by atoms with Gasteiger partial charge in [0.25, 0.3) is 0 Å². The van der Waals surface area contributed by atoms with E-state index in [4.69, 9.17) is 4.74 Å². The molecule has 1 aliphatic carbocycles. The van der Waals surface area contributed by atoms with Gasteiger partial charge in [0.05, 0.1) is 6.61 Å². The van der Waals surface area contributed by atoms with Crippen molar-refractivity contribution in [3.63, 3.8) is 0 Å². The van der Waals surface area contributed by atoms with E-state index < -0.39 is 0 Å². The van der Waals surface area contributed by atoms with Gasteiger partial charge < -0.3 is 10.1 Å². The topological polar surface area (TPSA) is 24.5 Å². The van der Waals surface area contributed by atoms with E-state index in [1.807, 2.05) is 0 Å². The fraction of sp³-hybridized carbons (Fsp3) is 1.00. The van der Waals surface area contributed by atoms with Gasteiger partial charge in [0, 0.05) is 38.3 Å². The largest absolute Gasteiger partial charge is 0.380 e. The van der Waals surface area contributed by atoms with Crippen LogP contribution in [0.5, 0.6) is 0 Å². The predicted molar refractivity (Wildman–Crippen MR) is 80.4 cm³/mol. The van der Waals surface area contributed by atoms with Gasteiger partial charge in [-0.2, -0.15) is 0 Å². The molecule has 1 N–H and O–H groups in total. The minimum absolute atomic E-state index is 0.647. The molecule has 0 radical (unpaired) electrons. The van der Waals surface area contributed by atoms with Crippen LogP contribution in [0, 0.1) is 11.8 Å². The molecule has 2 aliphatic rings. The van der Waals surface area contributed by atoms with Crippen molar-refractivity contribution < 1.29 is 4.74 Å². The molecule has 2 unspecified atom stereocenters. The molecule has 19 heavy (non-hydrogen) atoms. The first-order valence-corrected chi connectivity index (χ1v) is 8.25. The Hall–Kier alpha value is -0.120. The van der Waals surface area contributed by atoms with Crippen LogP contribution in [-0.2, 0) is 4.74 Å². The van der Waals surface area contributed by atoms with Crippen molar-refractivity contribution in [2.45, 2.75) is 58.5 Å². The summed E-state index contributed by atoms with van der Waals surface area (Å²) in [7, 11) is 0. The maximum atomic E-state index is 5.77. The first kappa shape index (κ1) is 15.3. The summed E-state index contributed by atoms with van der Waals surface area (Å²) in [6.45, 7) is 12.1. The van der Waals surface area contributed by atoms with Crippen molar-refractivity contribution in [1.82, 2.24) is 10.2 Å². The molecule has 1 saturated heterocycles. The van der Waals surface area contributed by atoms with Crippen LogP contribution in [0.25, 0.3) is 0 Å². The third kappa shape index (κ3) is 5.05. The van der Waals surface area contributed by atoms with E-state index in [1.54, 1.807) is 0 Å². The molecule has 0 aromatic heterocycles. The predicted octanol–water partition coefficient (Wildman–Crippen LogP) is 2.51.